The average molecular weight is 269 g/mol. The lowest BCUT2D eigenvalue weighted by Crippen LogP contribution is -1.98. The van der Waals surface area contributed by atoms with Crippen LogP contribution in [-0.2, 0) is 0 Å². The smallest absolute Gasteiger partial charge is 0.106 e. The van der Waals surface area contributed by atoms with Crippen molar-refractivity contribution in [1.82, 2.24) is 4.98 Å². The summed E-state index contributed by atoms with van der Waals surface area (Å²) in [5, 5.41) is 11.6. The van der Waals surface area contributed by atoms with E-state index < -0.39 is 6.10 Å². The van der Waals surface area contributed by atoms with Gasteiger partial charge in [-0.3, -0.25) is 0 Å². The first kappa shape index (κ1) is 12.3. The van der Waals surface area contributed by atoms with Crippen molar-refractivity contribution < 1.29 is 5.11 Å². The maximum Gasteiger partial charge on any atom is 0.106 e. The van der Waals surface area contributed by atoms with E-state index in [1.165, 1.54) is 4.90 Å². The summed E-state index contributed by atoms with van der Waals surface area (Å²) in [5.74, 6) is 0. The summed E-state index contributed by atoms with van der Waals surface area (Å²) in [6.07, 6.45) is 3.34. The maximum absolute atomic E-state index is 10.5. The van der Waals surface area contributed by atoms with Crippen LogP contribution in [0.1, 0.15) is 17.2 Å². The molecule has 0 fully saturated rings. The Balaban J connectivity index is 2.00. The first-order valence-electron chi connectivity index (χ1n) is 6.17. The normalized spacial score (nSPS) is 12.7. The van der Waals surface area contributed by atoms with E-state index in [1.54, 1.807) is 11.8 Å². The van der Waals surface area contributed by atoms with Crippen LogP contribution in [0.2, 0.25) is 0 Å². The van der Waals surface area contributed by atoms with E-state index >= 15 is 0 Å². The highest BCUT2D eigenvalue weighted by Crippen LogP contribution is 2.29. The summed E-state index contributed by atoms with van der Waals surface area (Å²) in [6, 6.07) is 16.1. The third kappa shape index (κ3) is 2.27. The molecule has 3 rings (SSSR count). The van der Waals surface area contributed by atoms with Gasteiger partial charge in [-0.2, -0.15) is 0 Å². The highest BCUT2D eigenvalue weighted by Gasteiger charge is 2.14. The average Bonchev–Trinajstić information content (AvgIpc) is 2.90. The summed E-state index contributed by atoms with van der Waals surface area (Å²) in [7, 11) is 0. The molecule has 96 valence electrons. The predicted molar refractivity (Wildman–Crippen MR) is 80.6 cm³/mol. The molecule has 1 atom stereocenters. The van der Waals surface area contributed by atoms with Crippen LogP contribution >= 0.6 is 11.8 Å². The van der Waals surface area contributed by atoms with Gasteiger partial charge in [0.1, 0.15) is 6.10 Å². The lowest BCUT2D eigenvalue weighted by molar-refractivity contribution is 0.222. The fourth-order valence-corrected chi connectivity index (χ4v) is 2.69. The Morgan fingerprint density at radius 3 is 2.53 bits per heavy atom. The Morgan fingerprint density at radius 2 is 1.79 bits per heavy atom. The van der Waals surface area contributed by atoms with Crippen LogP contribution in [0.15, 0.2) is 59.6 Å². The second-order valence-corrected chi connectivity index (χ2v) is 5.34. The van der Waals surface area contributed by atoms with Gasteiger partial charge in [0.05, 0.1) is 0 Å². The van der Waals surface area contributed by atoms with E-state index in [1.807, 2.05) is 61.0 Å². The lowest BCUT2D eigenvalue weighted by atomic mass is 10.0. The standard InChI is InChI=1S/C16H15NOS/c1-19-12-8-6-11(7-9-12)16(18)14-10-17-15-5-3-2-4-13(14)15/h2-10,16-18H,1H3. The molecular weight excluding hydrogens is 254 g/mol. The Bertz CT molecular complexity index is 687. The predicted octanol–water partition coefficient (Wildman–Crippen LogP) is 3.97. The van der Waals surface area contributed by atoms with Crippen LogP contribution < -0.4 is 0 Å². The van der Waals surface area contributed by atoms with E-state index in [-0.39, 0.29) is 0 Å². The molecule has 1 unspecified atom stereocenters. The fourth-order valence-electron chi connectivity index (χ4n) is 2.29. The molecule has 19 heavy (non-hydrogen) atoms. The molecule has 1 heterocycles. The summed E-state index contributed by atoms with van der Waals surface area (Å²) in [6.45, 7) is 0. The SMILES string of the molecule is CSc1ccc(C(O)c2c[nH]c3ccccc23)cc1. The van der Waals surface area contributed by atoms with Gasteiger partial charge in [-0.15, -0.1) is 11.8 Å². The van der Waals surface area contributed by atoms with Crippen molar-refractivity contribution in [3.63, 3.8) is 0 Å². The number of rotatable bonds is 3. The topological polar surface area (TPSA) is 36.0 Å². The largest absolute Gasteiger partial charge is 0.384 e. The van der Waals surface area contributed by atoms with Gasteiger partial charge in [-0.05, 0) is 30.0 Å². The Kier molecular flexibility index (Phi) is 3.32. The molecule has 0 aliphatic rings. The third-order valence-corrected chi connectivity index (χ3v) is 4.09. The van der Waals surface area contributed by atoms with Crippen molar-refractivity contribution in [2.24, 2.45) is 0 Å². The molecule has 3 heteroatoms. The van der Waals surface area contributed by atoms with E-state index in [9.17, 15) is 5.11 Å². The minimum Gasteiger partial charge on any atom is -0.384 e. The van der Waals surface area contributed by atoms with Crippen LogP contribution in [0.25, 0.3) is 10.9 Å². The number of benzene rings is 2. The zero-order chi connectivity index (χ0) is 13.2. The van der Waals surface area contributed by atoms with Crippen molar-refractivity contribution in [2.75, 3.05) is 6.26 Å². The number of fused-ring (bicyclic) bond motifs is 1. The van der Waals surface area contributed by atoms with Gasteiger partial charge in [0.2, 0.25) is 0 Å². The molecule has 2 N–H and O–H groups in total. The number of aliphatic hydroxyl groups is 1. The summed E-state index contributed by atoms with van der Waals surface area (Å²) >= 11 is 1.70. The molecule has 0 saturated heterocycles. The molecule has 0 saturated carbocycles. The molecule has 0 aliphatic carbocycles. The highest BCUT2D eigenvalue weighted by atomic mass is 32.2. The number of aromatic nitrogens is 1. The number of aromatic amines is 1. The number of hydrogen-bond donors (Lipinski definition) is 2. The molecule has 0 radical (unpaired) electrons. The molecule has 1 aromatic heterocycles. The van der Waals surface area contributed by atoms with Crippen molar-refractivity contribution in [2.45, 2.75) is 11.0 Å². The minimum absolute atomic E-state index is 0.591. The van der Waals surface area contributed by atoms with E-state index in [0.717, 1.165) is 22.0 Å². The van der Waals surface area contributed by atoms with Gasteiger partial charge in [-0.1, -0.05) is 30.3 Å². The monoisotopic (exact) mass is 269 g/mol. The molecule has 2 aromatic carbocycles. The Labute approximate surface area is 116 Å². The molecule has 0 bridgehead atoms. The number of aliphatic hydroxyl groups excluding tert-OH is 1. The van der Waals surface area contributed by atoms with Gasteiger partial charge in [0.15, 0.2) is 0 Å². The van der Waals surface area contributed by atoms with Crippen molar-refractivity contribution in [1.29, 1.82) is 0 Å². The number of H-pyrrole nitrogens is 1. The van der Waals surface area contributed by atoms with Crippen LogP contribution in [-0.4, -0.2) is 16.3 Å². The van der Waals surface area contributed by atoms with Gasteiger partial charge < -0.3 is 10.1 Å². The Morgan fingerprint density at radius 1 is 1.05 bits per heavy atom. The van der Waals surface area contributed by atoms with Crippen molar-refractivity contribution in [3.05, 3.63) is 65.9 Å². The molecule has 2 nitrogen and oxygen atoms in total. The van der Waals surface area contributed by atoms with Gasteiger partial charge in [-0.25, -0.2) is 0 Å². The number of hydrogen-bond acceptors (Lipinski definition) is 2. The zero-order valence-corrected chi connectivity index (χ0v) is 11.4. The second-order valence-electron chi connectivity index (χ2n) is 4.47. The number of nitrogens with one attached hydrogen (secondary N) is 1. The van der Waals surface area contributed by atoms with Crippen LogP contribution in [0.5, 0.6) is 0 Å². The first-order chi connectivity index (χ1) is 9.29. The fraction of sp³-hybridized carbons (Fsp3) is 0.125. The van der Waals surface area contributed by atoms with E-state index in [0.29, 0.717) is 0 Å². The molecular formula is C16H15NOS. The second kappa shape index (κ2) is 5.11. The summed E-state index contributed by atoms with van der Waals surface area (Å²) in [5.41, 5.74) is 2.90. The molecule has 0 amide bonds. The van der Waals surface area contributed by atoms with Crippen LogP contribution in [0.4, 0.5) is 0 Å². The molecule has 0 aliphatic heterocycles. The van der Waals surface area contributed by atoms with Crippen LogP contribution in [0, 0.1) is 0 Å². The van der Waals surface area contributed by atoms with Crippen molar-refractivity contribution in [3.8, 4) is 0 Å². The lowest BCUT2D eigenvalue weighted by Gasteiger charge is -2.10. The number of thioether (sulfide) groups is 1. The Hall–Kier alpha value is -1.71. The van der Waals surface area contributed by atoms with E-state index in [4.69, 9.17) is 0 Å². The first-order valence-corrected chi connectivity index (χ1v) is 7.40. The van der Waals surface area contributed by atoms with Gasteiger partial charge in [0.25, 0.3) is 0 Å². The van der Waals surface area contributed by atoms with Gasteiger partial charge in [0, 0.05) is 27.6 Å². The third-order valence-electron chi connectivity index (χ3n) is 3.35. The highest BCUT2D eigenvalue weighted by molar-refractivity contribution is 7.98. The van der Waals surface area contributed by atoms with Gasteiger partial charge >= 0.3 is 0 Å². The quantitative estimate of drug-likeness (QED) is 0.706. The molecule has 3 aromatic rings. The molecule has 0 spiro atoms. The minimum atomic E-state index is -0.591. The van der Waals surface area contributed by atoms with E-state index in [2.05, 4.69) is 4.98 Å². The van der Waals surface area contributed by atoms with Crippen molar-refractivity contribution >= 4 is 22.7 Å². The summed E-state index contributed by atoms with van der Waals surface area (Å²) < 4.78 is 0. The zero-order valence-electron chi connectivity index (χ0n) is 10.6. The van der Waals surface area contributed by atoms with Crippen LogP contribution in [0.3, 0.4) is 0 Å². The number of para-hydroxylation sites is 1. The summed E-state index contributed by atoms with van der Waals surface area (Å²) in [4.78, 5) is 4.40. The maximum atomic E-state index is 10.5.